The van der Waals surface area contributed by atoms with Gasteiger partial charge in [-0.15, -0.1) is 11.3 Å². The van der Waals surface area contributed by atoms with Gasteiger partial charge in [0.15, 0.2) is 0 Å². The molecule has 1 aromatic carbocycles. The van der Waals surface area contributed by atoms with Crippen molar-refractivity contribution in [2.75, 3.05) is 39.3 Å². The van der Waals surface area contributed by atoms with Crippen molar-refractivity contribution in [2.45, 2.75) is 36.2 Å². The summed E-state index contributed by atoms with van der Waals surface area (Å²) in [6, 6.07) is 15.9. The second-order valence-corrected chi connectivity index (χ2v) is 12.3. The molecule has 0 aliphatic carbocycles. The zero-order valence-electron chi connectivity index (χ0n) is 19.8. The summed E-state index contributed by atoms with van der Waals surface area (Å²) in [4.78, 5) is 9.20. The van der Waals surface area contributed by atoms with E-state index in [0.717, 1.165) is 45.0 Å². The van der Waals surface area contributed by atoms with Gasteiger partial charge in [-0.3, -0.25) is 14.8 Å². The highest BCUT2D eigenvalue weighted by Gasteiger charge is 2.30. The Morgan fingerprint density at radius 1 is 0.886 bits per heavy atom. The standard InChI is InChI=1S/C26H32N4O3S2/c31-35(32,26-7-3-17-34-26)30-11-8-24(9-12-30)33-25-6-1-4-22(18-25)20-28-13-15-29(16-14-28)21-23-5-2-10-27-19-23/h1-7,10,17-19,24H,8-9,11-16,20-21H2. The van der Waals surface area contributed by atoms with Crippen LogP contribution >= 0.6 is 11.3 Å². The molecule has 2 aliphatic heterocycles. The van der Waals surface area contributed by atoms with E-state index in [1.54, 1.807) is 21.8 Å². The van der Waals surface area contributed by atoms with Crippen LogP contribution in [-0.2, 0) is 23.1 Å². The van der Waals surface area contributed by atoms with Crippen molar-refractivity contribution in [3.8, 4) is 5.75 Å². The van der Waals surface area contributed by atoms with Crippen molar-refractivity contribution in [3.05, 3.63) is 77.4 Å². The van der Waals surface area contributed by atoms with Crippen molar-refractivity contribution >= 4 is 21.4 Å². The van der Waals surface area contributed by atoms with Gasteiger partial charge in [-0.05, 0) is 53.6 Å². The Labute approximate surface area is 212 Å². The van der Waals surface area contributed by atoms with E-state index in [1.165, 1.54) is 22.5 Å². The highest BCUT2D eigenvalue weighted by Crippen LogP contribution is 2.26. The number of thiophene rings is 1. The van der Waals surface area contributed by atoms with Gasteiger partial charge in [0.2, 0.25) is 0 Å². The topological polar surface area (TPSA) is 66.0 Å². The molecule has 35 heavy (non-hydrogen) atoms. The number of hydrogen-bond donors (Lipinski definition) is 0. The maximum atomic E-state index is 12.7. The normalized spacial score (nSPS) is 19.1. The highest BCUT2D eigenvalue weighted by atomic mass is 32.2. The molecule has 2 aliphatic rings. The number of hydrogen-bond acceptors (Lipinski definition) is 7. The Morgan fingerprint density at radius 3 is 2.26 bits per heavy atom. The van der Waals surface area contributed by atoms with E-state index in [-0.39, 0.29) is 6.10 Å². The van der Waals surface area contributed by atoms with Crippen LogP contribution in [-0.4, -0.2) is 72.9 Å². The summed E-state index contributed by atoms with van der Waals surface area (Å²) in [5.41, 5.74) is 2.52. The molecule has 0 bridgehead atoms. The SMILES string of the molecule is O=S(=O)(c1cccs1)N1CCC(Oc2cccc(CN3CCN(Cc4cccnc4)CC3)c2)CC1. The van der Waals surface area contributed by atoms with E-state index in [1.807, 2.05) is 24.5 Å². The molecule has 0 spiro atoms. The number of ether oxygens (including phenoxy) is 1. The molecule has 7 nitrogen and oxygen atoms in total. The molecular formula is C26H32N4O3S2. The number of aromatic nitrogens is 1. The fraction of sp³-hybridized carbons (Fsp3) is 0.423. The Hall–Kier alpha value is -2.30. The van der Waals surface area contributed by atoms with Gasteiger partial charge in [-0.25, -0.2) is 8.42 Å². The zero-order valence-corrected chi connectivity index (χ0v) is 21.5. The van der Waals surface area contributed by atoms with Gasteiger partial charge in [0, 0.05) is 64.8 Å². The number of piperidine rings is 1. The van der Waals surface area contributed by atoms with Gasteiger partial charge in [0.1, 0.15) is 16.1 Å². The summed E-state index contributed by atoms with van der Waals surface area (Å²) in [6.07, 6.45) is 5.21. The zero-order chi connectivity index (χ0) is 24.1. The molecule has 0 unspecified atom stereocenters. The Bertz CT molecular complexity index is 1170. The lowest BCUT2D eigenvalue weighted by Crippen LogP contribution is -2.45. The Kier molecular flexibility index (Phi) is 7.79. The third kappa shape index (κ3) is 6.29. The predicted octanol–water partition coefficient (Wildman–Crippen LogP) is 3.69. The molecule has 0 amide bonds. The summed E-state index contributed by atoms with van der Waals surface area (Å²) in [5, 5.41) is 1.80. The average Bonchev–Trinajstić information content (AvgIpc) is 3.43. The molecule has 0 saturated carbocycles. The van der Waals surface area contributed by atoms with Gasteiger partial charge in [-0.1, -0.05) is 24.3 Å². The molecule has 186 valence electrons. The van der Waals surface area contributed by atoms with Crippen molar-refractivity contribution < 1.29 is 13.2 Å². The maximum absolute atomic E-state index is 12.7. The molecule has 2 aromatic heterocycles. The first-order chi connectivity index (χ1) is 17.1. The predicted molar refractivity (Wildman–Crippen MR) is 138 cm³/mol. The number of nitrogens with zero attached hydrogens (tertiary/aromatic N) is 4. The van der Waals surface area contributed by atoms with Crippen molar-refractivity contribution in [1.82, 2.24) is 19.1 Å². The van der Waals surface area contributed by atoms with Crippen LogP contribution < -0.4 is 4.74 Å². The maximum Gasteiger partial charge on any atom is 0.252 e. The van der Waals surface area contributed by atoms with E-state index >= 15 is 0 Å². The Balaban J connectivity index is 1.09. The fourth-order valence-electron chi connectivity index (χ4n) is 4.75. The van der Waals surface area contributed by atoms with Gasteiger partial charge in [0.05, 0.1) is 0 Å². The highest BCUT2D eigenvalue weighted by molar-refractivity contribution is 7.91. The fourth-order valence-corrected chi connectivity index (χ4v) is 7.37. The van der Waals surface area contributed by atoms with Crippen molar-refractivity contribution in [2.24, 2.45) is 0 Å². The first-order valence-corrected chi connectivity index (χ1v) is 14.5. The molecular weight excluding hydrogens is 480 g/mol. The molecule has 0 radical (unpaired) electrons. The van der Waals surface area contributed by atoms with Crippen LogP contribution in [0.2, 0.25) is 0 Å². The number of benzene rings is 1. The van der Waals surface area contributed by atoms with Gasteiger partial charge in [-0.2, -0.15) is 4.31 Å². The van der Waals surface area contributed by atoms with E-state index in [2.05, 4.69) is 39.0 Å². The van der Waals surface area contributed by atoms with Crippen molar-refractivity contribution in [3.63, 3.8) is 0 Å². The number of pyridine rings is 1. The minimum atomic E-state index is -3.38. The van der Waals surface area contributed by atoms with Crippen LogP contribution in [0.15, 0.2) is 70.5 Å². The third-order valence-electron chi connectivity index (χ3n) is 6.69. The van der Waals surface area contributed by atoms with Crippen molar-refractivity contribution in [1.29, 1.82) is 0 Å². The summed E-state index contributed by atoms with van der Waals surface area (Å²) in [7, 11) is -3.38. The van der Waals surface area contributed by atoms with Crippen LogP contribution in [0.25, 0.3) is 0 Å². The monoisotopic (exact) mass is 512 g/mol. The molecule has 3 aromatic rings. The van der Waals surface area contributed by atoms with Crippen LogP contribution in [0.5, 0.6) is 5.75 Å². The molecule has 4 heterocycles. The van der Waals surface area contributed by atoms with Crippen LogP contribution in [0.4, 0.5) is 0 Å². The number of piperazine rings is 1. The lowest BCUT2D eigenvalue weighted by atomic mass is 10.1. The number of rotatable bonds is 8. The van der Waals surface area contributed by atoms with Crippen LogP contribution in [0, 0.1) is 0 Å². The third-order valence-corrected chi connectivity index (χ3v) is 9.96. The summed E-state index contributed by atoms with van der Waals surface area (Å²) < 4.78 is 33.8. The summed E-state index contributed by atoms with van der Waals surface area (Å²) in [6.45, 7) is 7.05. The molecule has 5 rings (SSSR count). The average molecular weight is 513 g/mol. The molecule has 9 heteroatoms. The molecule has 0 N–H and O–H groups in total. The van der Waals surface area contributed by atoms with Gasteiger partial charge >= 0.3 is 0 Å². The molecule has 2 fully saturated rings. The smallest absolute Gasteiger partial charge is 0.252 e. The first kappa shape index (κ1) is 24.4. The molecule has 2 saturated heterocycles. The molecule has 0 atom stereocenters. The second kappa shape index (κ2) is 11.2. The minimum Gasteiger partial charge on any atom is -0.490 e. The minimum absolute atomic E-state index is 0.0380. The van der Waals surface area contributed by atoms with E-state index in [9.17, 15) is 8.42 Å². The lowest BCUT2D eigenvalue weighted by Gasteiger charge is -2.34. The Morgan fingerprint density at radius 2 is 1.60 bits per heavy atom. The van der Waals surface area contributed by atoms with Gasteiger partial charge in [0.25, 0.3) is 10.0 Å². The van der Waals surface area contributed by atoms with Crippen LogP contribution in [0.1, 0.15) is 24.0 Å². The lowest BCUT2D eigenvalue weighted by molar-refractivity contribution is 0.121. The largest absolute Gasteiger partial charge is 0.490 e. The summed E-state index contributed by atoms with van der Waals surface area (Å²) in [5.74, 6) is 0.872. The van der Waals surface area contributed by atoms with E-state index < -0.39 is 10.0 Å². The van der Waals surface area contributed by atoms with E-state index in [0.29, 0.717) is 30.1 Å². The first-order valence-electron chi connectivity index (χ1n) is 12.2. The van der Waals surface area contributed by atoms with Gasteiger partial charge < -0.3 is 4.74 Å². The quantitative estimate of drug-likeness (QED) is 0.459. The summed E-state index contributed by atoms with van der Waals surface area (Å²) >= 11 is 1.27. The van der Waals surface area contributed by atoms with E-state index in [4.69, 9.17) is 4.74 Å². The van der Waals surface area contributed by atoms with Crippen LogP contribution in [0.3, 0.4) is 0 Å². The second-order valence-electron chi connectivity index (χ2n) is 9.21. The number of sulfonamides is 1.